The Labute approximate surface area is 328 Å². The molecule has 0 radical (unpaired) electrons. The molecule has 2 aromatic heterocycles. The van der Waals surface area contributed by atoms with E-state index in [4.69, 9.17) is 0 Å². The first-order chi connectivity index (χ1) is 24.3. The number of nitrogens with zero attached hydrogens (tertiary/aromatic N) is 2. The predicted molar refractivity (Wildman–Crippen MR) is 225 cm³/mol. The van der Waals surface area contributed by atoms with Gasteiger partial charge in [-0.3, -0.25) is 0 Å². The summed E-state index contributed by atoms with van der Waals surface area (Å²) in [5.74, 6) is 0. The molecule has 0 amide bonds. The van der Waals surface area contributed by atoms with E-state index in [1.54, 1.807) is 0 Å². The third-order valence-corrected chi connectivity index (χ3v) is 8.87. The van der Waals surface area contributed by atoms with Gasteiger partial charge in [0.2, 0.25) is 0 Å². The van der Waals surface area contributed by atoms with E-state index in [1.165, 1.54) is 180 Å². The van der Waals surface area contributed by atoms with Crippen molar-refractivity contribution in [2.75, 3.05) is 0 Å². The van der Waals surface area contributed by atoms with Crippen LogP contribution in [0.1, 0.15) is 194 Å². The minimum absolute atomic E-state index is 0.125. The fraction of sp³-hybridized carbons (Fsp3) is 0.682. The van der Waals surface area contributed by atoms with Gasteiger partial charge in [-0.15, -0.1) is 62.1 Å². The maximum atomic E-state index is 3.19. The van der Waals surface area contributed by atoms with Crippen molar-refractivity contribution < 1.29 is 15.0 Å². The number of unbranched alkanes of at least 4 members (excludes halogenated alkanes) is 24. The Bertz CT molecular complexity index is 807. The molecule has 0 unspecified atom stereocenters. The number of rotatable bonds is 32. The van der Waals surface area contributed by atoms with Gasteiger partial charge in [-0.1, -0.05) is 167 Å². The van der Waals surface area contributed by atoms with E-state index < -0.39 is 0 Å². The number of halogens is 2. The normalized spacial score (nSPS) is 10.9. The molecule has 0 saturated carbocycles. The van der Waals surface area contributed by atoms with Gasteiger partial charge >= 0.3 is 41.3 Å². The Morgan fingerprint density at radius 1 is 0.408 bits per heavy atom. The molecule has 0 saturated heterocycles. The first kappa shape index (κ1) is 48.5. The van der Waals surface area contributed by atoms with Gasteiger partial charge < -0.3 is 9.13 Å². The van der Waals surface area contributed by atoms with Crippen molar-refractivity contribution in [3.05, 3.63) is 86.4 Å². The number of allylic oxidation sites excluding steroid dienone is 4. The van der Waals surface area contributed by atoms with Crippen molar-refractivity contribution in [3.8, 4) is 0 Å². The fourth-order valence-corrected chi connectivity index (χ4v) is 5.85. The Kier molecular flexibility index (Phi) is 43.1. The van der Waals surface area contributed by atoms with Gasteiger partial charge in [0, 0.05) is 0 Å². The molecule has 2 rings (SSSR count). The van der Waals surface area contributed by atoms with Crippen LogP contribution in [-0.2, 0) is 15.0 Å². The van der Waals surface area contributed by atoms with Crippen molar-refractivity contribution in [1.29, 1.82) is 0 Å². The average Bonchev–Trinajstić information content (AvgIpc) is 3.84. The van der Waals surface area contributed by atoms with Crippen LogP contribution in [-0.4, -0.2) is 9.13 Å². The zero-order chi connectivity index (χ0) is 35.6. The minimum atomic E-state index is 0.125. The van der Waals surface area contributed by atoms with Crippen LogP contribution in [0.4, 0.5) is 0 Å². The molecule has 5 heteroatoms. The molecule has 49 heavy (non-hydrogen) atoms. The second kappa shape index (κ2) is 43.6. The summed E-state index contributed by atoms with van der Waals surface area (Å²) < 4.78 is 4.32. The molecular formula is C44H76Br2N2Ti-2. The molecule has 2 aromatic rings. The number of hydrogen-bond acceptors (Lipinski definition) is 0. The van der Waals surface area contributed by atoms with Crippen LogP contribution in [0.3, 0.4) is 0 Å². The summed E-state index contributed by atoms with van der Waals surface area (Å²) in [6.45, 7) is 9.13. The zero-order valence-electron chi connectivity index (χ0n) is 32.0. The van der Waals surface area contributed by atoms with E-state index in [9.17, 15) is 0 Å². The Morgan fingerprint density at radius 2 is 0.653 bits per heavy atom. The Hall–Kier alpha value is -0.546. The summed E-state index contributed by atoms with van der Waals surface area (Å²) in [5, 5.41) is 0. The van der Waals surface area contributed by atoms with E-state index in [0.717, 1.165) is 0 Å². The summed E-state index contributed by atoms with van der Waals surface area (Å²) in [6.07, 6.45) is 56.2. The van der Waals surface area contributed by atoms with Gasteiger partial charge in [0.1, 0.15) is 0 Å². The summed E-state index contributed by atoms with van der Waals surface area (Å²) in [5.41, 5.74) is 0. The van der Waals surface area contributed by atoms with Crippen molar-refractivity contribution in [1.82, 2.24) is 9.13 Å². The van der Waals surface area contributed by atoms with E-state index in [1.807, 2.05) is 0 Å². The second-order valence-electron chi connectivity index (χ2n) is 13.4. The van der Waals surface area contributed by atoms with E-state index in [0.29, 0.717) is 0 Å². The molecule has 0 fully saturated rings. The first-order valence-corrected chi connectivity index (χ1v) is 28.2. The predicted octanol–water partition coefficient (Wildman–Crippen LogP) is 16.8. The average molecular weight is 841 g/mol. The van der Waals surface area contributed by atoms with Crippen LogP contribution in [0.15, 0.2) is 73.4 Å². The van der Waals surface area contributed by atoms with Gasteiger partial charge in [0.05, 0.1) is 0 Å². The first-order valence-electron chi connectivity index (χ1n) is 20.5. The SMILES string of the molecule is CCCCCCCC/C=C\CCCCCCC[CH-]n1cccc1.CCCCCCCC/C=C\CCCCCCC[CH-]n1cccc1.[Br][Ti][Br]. The standard InChI is InChI=1S/2C22H38N.2BrH.Ti/c2*1-2-3-4-5-6-7-8-9-10-11-12-13-14-15-16-17-20-23-21-18-19-22-23;;;/h2*9-10,18-22H,2-8,11-17H2,1H3;2*1H;/q2*-1;;;+2/p-2/b2*10-9-;;;. The fourth-order valence-electron chi connectivity index (χ4n) is 5.85. The quantitative estimate of drug-likeness (QED) is 0.0301. The molecule has 0 bridgehead atoms. The molecule has 0 N–H and O–H groups in total. The van der Waals surface area contributed by atoms with Gasteiger partial charge in [0.15, 0.2) is 0 Å². The van der Waals surface area contributed by atoms with E-state index in [-0.39, 0.29) is 15.0 Å². The summed E-state index contributed by atoms with van der Waals surface area (Å²) >= 11 is 6.50. The summed E-state index contributed by atoms with van der Waals surface area (Å²) in [4.78, 5) is 0. The van der Waals surface area contributed by atoms with Crippen molar-refractivity contribution in [2.24, 2.45) is 0 Å². The maximum absolute atomic E-state index is 3.19. The molecular weight excluding hydrogens is 764 g/mol. The molecule has 282 valence electrons. The van der Waals surface area contributed by atoms with Crippen LogP contribution in [0.5, 0.6) is 0 Å². The van der Waals surface area contributed by atoms with Gasteiger partial charge in [0.25, 0.3) is 0 Å². The molecule has 0 spiro atoms. The summed E-state index contributed by atoms with van der Waals surface area (Å²) in [6, 6.07) is 8.32. The van der Waals surface area contributed by atoms with Crippen molar-refractivity contribution in [2.45, 2.75) is 194 Å². The third kappa shape index (κ3) is 40.1. The van der Waals surface area contributed by atoms with E-state index in [2.05, 4.69) is 136 Å². The van der Waals surface area contributed by atoms with Gasteiger partial charge in [-0.2, -0.15) is 0 Å². The molecule has 2 nitrogen and oxygen atoms in total. The molecule has 0 aliphatic rings. The van der Waals surface area contributed by atoms with Crippen molar-refractivity contribution >= 4 is 26.3 Å². The third-order valence-electron chi connectivity index (χ3n) is 8.87. The second-order valence-corrected chi connectivity index (χ2v) is 21.3. The molecule has 0 aromatic carbocycles. The molecule has 0 atom stereocenters. The van der Waals surface area contributed by atoms with Crippen LogP contribution >= 0.6 is 26.3 Å². The van der Waals surface area contributed by atoms with E-state index >= 15 is 0 Å². The van der Waals surface area contributed by atoms with Crippen LogP contribution in [0.25, 0.3) is 0 Å². The zero-order valence-corrected chi connectivity index (χ0v) is 36.8. The molecule has 0 aliphatic heterocycles. The van der Waals surface area contributed by atoms with Crippen molar-refractivity contribution in [3.63, 3.8) is 0 Å². The molecule has 0 aliphatic carbocycles. The van der Waals surface area contributed by atoms with Gasteiger partial charge in [-0.05, 0) is 51.4 Å². The number of hydrogen-bond donors (Lipinski definition) is 0. The van der Waals surface area contributed by atoms with Crippen LogP contribution in [0, 0.1) is 13.1 Å². The van der Waals surface area contributed by atoms with Crippen LogP contribution in [0.2, 0.25) is 0 Å². The van der Waals surface area contributed by atoms with Crippen LogP contribution < -0.4 is 0 Å². The van der Waals surface area contributed by atoms with Gasteiger partial charge in [-0.25, -0.2) is 0 Å². The topological polar surface area (TPSA) is 9.86 Å². The summed E-state index contributed by atoms with van der Waals surface area (Å²) in [7, 11) is 0. The monoisotopic (exact) mass is 838 g/mol. The Balaban J connectivity index is 0.000000870. The Morgan fingerprint density at radius 3 is 0.939 bits per heavy atom. The number of aromatic nitrogens is 2. The molecule has 2 heterocycles.